The molecule has 116 valence electrons. The van der Waals surface area contributed by atoms with Crippen LogP contribution in [0.4, 0.5) is 5.69 Å². The van der Waals surface area contributed by atoms with E-state index in [1.165, 1.54) is 0 Å². The molecule has 5 heteroatoms. The summed E-state index contributed by atoms with van der Waals surface area (Å²) in [4.78, 5) is 21.0. The van der Waals surface area contributed by atoms with Crippen molar-refractivity contribution in [3.63, 3.8) is 0 Å². The van der Waals surface area contributed by atoms with Crippen molar-refractivity contribution in [2.75, 3.05) is 5.32 Å². The van der Waals surface area contributed by atoms with Crippen LogP contribution in [0.1, 0.15) is 32.3 Å². The second-order valence-electron chi connectivity index (χ2n) is 5.86. The summed E-state index contributed by atoms with van der Waals surface area (Å²) in [7, 11) is 0. The van der Waals surface area contributed by atoms with Crippen molar-refractivity contribution in [1.29, 1.82) is 0 Å². The van der Waals surface area contributed by atoms with Gasteiger partial charge in [-0.15, -0.1) is 0 Å². The van der Waals surface area contributed by atoms with Crippen LogP contribution >= 0.6 is 0 Å². The Hall–Kier alpha value is -2.69. The van der Waals surface area contributed by atoms with E-state index in [-0.39, 0.29) is 5.91 Å². The number of pyridine rings is 1. The van der Waals surface area contributed by atoms with E-state index in [0.717, 1.165) is 35.2 Å². The maximum absolute atomic E-state index is 12.4. The fraction of sp³-hybridized carbons (Fsp3) is 0.278. The average Bonchev–Trinajstić information content (AvgIpc) is 3.11. The largest absolute Gasteiger partial charge is 0.436 e. The van der Waals surface area contributed by atoms with Crippen LogP contribution < -0.4 is 5.32 Å². The smallest absolute Gasteiger partial charge is 0.235 e. The highest BCUT2D eigenvalue weighted by Crippen LogP contribution is 2.44. The molecular formula is C18H17N3O2. The van der Waals surface area contributed by atoms with Crippen molar-refractivity contribution in [3.8, 4) is 11.5 Å². The number of carbonyl (C=O) groups excluding carboxylic acids is 1. The highest BCUT2D eigenvalue weighted by atomic mass is 16.3. The fourth-order valence-electron chi connectivity index (χ4n) is 3.41. The number of amides is 1. The van der Waals surface area contributed by atoms with Crippen LogP contribution in [0.5, 0.6) is 0 Å². The topological polar surface area (TPSA) is 68.0 Å². The normalized spacial score (nSPS) is 15.7. The first-order chi connectivity index (χ1) is 11.2. The van der Waals surface area contributed by atoms with Crippen LogP contribution in [0.2, 0.25) is 0 Å². The summed E-state index contributed by atoms with van der Waals surface area (Å²) < 4.78 is 5.86. The Labute approximate surface area is 133 Å². The summed E-state index contributed by atoms with van der Waals surface area (Å²) in [5.74, 6) is 0.635. The van der Waals surface area contributed by atoms with Gasteiger partial charge >= 0.3 is 0 Å². The molecule has 0 radical (unpaired) electrons. The van der Waals surface area contributed by atoms with E-state index in [1.54, 1.807) is 12.4 Å². The van der Waals surface area contributed by atoms with Crippen molar-refractivity contribution in [2.45, 2.75) is 32.1 Å². The van der Waals surface area contributed by atoms with Crippen molar-refractivity contribution < 1.29 is 9.21 Å². The zero-order chi connectivity index (χ0) is 16.0. The summed E-state index contributed by atoms with van der Waals surface area (Å²) in [5, 5.41) is 2.99. The van der Waals surface area contributed by atoms with Crippen molar-refractivity contribution in [3.05, 3.63) is 42.2 Å². The van der Waals surface area contributed by atoms with Crippen LogP contribution in [0.25, 0.3) is 22.6 Å². The van der Waals surface area contributed by atoms with Gasteiger partial charge in [-0.3, -0.25) is 9.78 Å². The number of oxazole rings is 1. The summed E-state index contributed by atoms with van der Waals surface area (Å²) >= 11 is 0. The van der Waals surface area contributed by atoms with Crippen LogP contribution in [0, 0.1) is 0 Å². The molecule has 1 amide bonds. The van der Waals surface area contributed by atoms with Crippen LogP contribution in [0.3, 0.4) is 0 Å². The molecule has 0 bridgehead atoms. The quantitative estimate of drug-likeness (QED) is 0.797. The van der Waals surface area contributed by atoms with Gasteiger partial charge in [0.2, 0.25) is 11.8 Å². The Morgan fingerprint density at radius 1 is 1.17 bits per heavy atom. The fourth-order valence-corrected chi connectivity index (χ4v) is 3.41. The lowest BCUT2D eigenvalue weighted by Gasteiger charge is -2.23. The van der Waals surface area contributed by atoms with Gasteiger partial charge < -0.3 is 9.73 Å². The predicted molar refractivity (Wildman–Crippen MR) is 88.1 cm³/mol. The van der Waals surface area contributed by atoms with E-state index in [0.29, 0.717) is 11.5 Å². The maximum Gasteiger partial charge on any atom is 0.235 e. The van der Waals surface area contributed by atoms with E-state index in [4.69, 9.17) is 4.42 Å². The van der Waals surface area contributed by atoms with Gasteiger partial charge in [0.25, 0.3) is 0 Å². The van der Waals surface area contributed by atoms with Gasteiger partial charge in [-0.25, -0.2) is 4.98 Å². The number of aromatic nitrogens is 2. The predicted octanol–water partition coefficient (Wildman–Crippen LogP) is 3.90. The number of hydrogen-bond donors (Lipinski definition) is 1. The van der Waals surface area contributed by atoms with Crippen molar-refractivity contribution >= 4 is 22.7 Å². The highest BCUT2D eigenvalue weighted by Gasteiger charge is 2.44. The number of benzene rings is 1. The van der Waals surface area contributed by atoms with Crippen LogP contribution in [0.15, 0.2) is 41.1 Å². The lowest BCUT2D eigenvalue weighted by atomic mass is 9.77. The molecule has 3 heterocycles. The first-order valence-corrected chi connectivity index (χ1v) is 7.85. The van der Waals surface area contributed by atoms with E-state index >= 15 is 0 Å². The molecule has 3 aromatic rings. The molecule has 1 aliphatic heterocycles. The molecule has 0 spiro atoms. The highest BCUT2D eigenvalue weighted by molar-refractivity contribution is 6.08. The minimum atomic E-state index is -0.459. The lowest BCUT2D eigenvalue weighted by molar-refractivity contribution is -0.121. The Morgan fingerprint density at radius 3 is 2.61 bits per heavy atom. The minimum absolute atomic E-state index is 0.0690. The zero-order valence-electron chi connectivity index (χ0n) is 13.1. The molecule has 0 saturated carbocycles. The van der Waals surface area contributed by atoms with Gasteiger partial charge in [0.1, 0.15) is 5.52 Å². The van der Waals surface area contributed by atoms with Gasteiger partial charge in [-0.1, -0.05) is 13.8 Å². The monoisotopic (exact) mass is 307 g/mol. The Bertz CT molecular complexity index is 895. The molecule has 1 N–H and O–H groups in total. The van der Waals surface area contributed by atoms with E-state index in [1.807, 2.05) is 38.1 Å². The van der Waals surface area contributed by atoms with Gasteiger partial charge in [-0.2, -0.15) is 0 Å². The number of fused-ring (bicyclic) bond motifs is 2. The molecule has 0 atom stereocenters. The molecule has 0 fully saturated rings. The molecule has 4 rings (SSSR count). The third kappa shape index (κ3) is 1.89. The molecule has 0 saturated heterocycles. The number of anilines is 1. The Kier molecular flexibility index (Phi) is 2.98. The summed E-state index contributed by atoms with van der Waals surface area (Å²) in [6, 6.07) is 7.60. The average molecular weight is 307 g/mol. The third-order valence-electron chi connectivity index (χ3n) is 4.86. The molecule has 23 heavy (non-hydrogen) atoms. The summed E-state index contributed by atoms with van der Waals surface area (Å²) in [6.07, 6.45) is 4.96. The van der Waals surface area contributed by atoms with Gasteiger partial charge in [0, 0.05) is 29.7 Å². The zero-order valence-corrected chi connectivity index (χ0v) is 13.1. The Morgan fingerprint density at radius 2 is 1.91 bits per heavy atom. The SMILES string of the molecule is CCC1(CC)C(=O)Nc2cc3oc(-c4ccncc4)nc3cc21. The Balaban J connectivity index is 1.89. The third-order valence-corrected chi connectivity index (χ3v) is 4.86. The van der Waals surface area contributed by atoms with Gasteiger partial charge in [0.15, 0.2) is 5.58 Å². The van der Waals surface area contributed by atoms with Gasteiger partial charge in [-0.05, 0) is 36.6 Å². The molecule has 0 unspecified atom stereocenters. The standard InChI is InChI=1S/C18H17N3O2/c1-3-18(4-2)12-9-14-15(10-13(12)21-17(18)22)23-16(20-14)11-5-7-19-8-6-11/h5-10H,3-4H2,1-2H3,(H,21,22). The maximum atomic E-state index is 12.4. The van der Waals surface area contributed by atoms with Crippen LogP contribution in [-0.2, 0) is 10.2 Å². The first-order valence-electron chi connectivity index (χ1n) is 7.85. The number of hydrogen-bond acceptors (Lipinski definition) is 4. The summed E-state index contributed by atoms with van der Waals surface area (Å²) in [6.45, 7) is 4.10. The minimum Gasteiger partial charge on any atom is -0.436 e. The van der Waals surface area contributed by atoms with E-state index in [2.05, 4.69) is 15.3 Å². The van der Waals surface area contributed by atoms with Crippen molar-refractivity contribution in [2.24, 2.45) is 0 Å². The molecule has 5 nitrogen and oxygen atoms in total. The summed E-state index contributed by atoms with van der Waals surface area (Å²) in [5.41, 5.74) is 3.74. The molecule has 1 aromatic carbocycles. The van der Waals surface area contributed by atoms with Gasteiger partial charge in [0.05, 0.1) is 5.41 Å². The lowest BCUT2D eigenvalue weighted by Crippen LogP contribution is -2.32. The number of nitrogens with one attached hydrogen (secondary N) is 1. The second kappa shape index (κ2) is 4.91. The number of rotatable bonds is 3. The van der Waals surface area contributed by atoms with E-state index in [9.17, 15) is 4.79 Å². The molecule has 1 aliphatic rings. The van der Waals surface area contributed by atoms with E-state index < -0.39 is 5.41 Å². The second-order valence-corrected chi connectivity index (χ2v) is 5.86. The first kappa shape index (κ1) is 13.9. The molecule has 0 aliphatic carbocycles. The van der Waals surface area contributed by atoms with Crippen molar-refractivity contribution in [1.82, 2.24) is 9.97 Å². The number of carbonyl (C=O) groups is 1. The number of nitrogens with zero attached hydrogens (tertiary/aromatic N) is 2. The molecule has 2 aromatic heterocycles. The van der Waals surface area contributed by atoms with Crippen LogP contribution in [-0.4, -0.2) is 15.9 Å². The molecular weight excluding hydrogens is 290 g/mol.